The molecular formula is C6H12F3NO2S. The summed E-state index contributed by atoms with van der Waals surface area (Å²) in [6.07, 6.45) is -5.52. The predicted octanol–water partition coefficient (Wildman–Crippen LogP) is 1.25. The van der Waals surface area contributed by atoms with Crippen LogP contribution in [0.2, 0.25) is 0 Å². The summed E-state index contributed by atoms with van der Waals surface area (Å²) in [6.45, 7) is 2.43. The zero-order valence-electron chi connectivity index (χ0n) is 7.35. The van der Waals surface area contributed by atoms with Crippen molar-refractivity contribution in [2.75, 3.05) is 5.75 Å². The summed E-state index contributed by atoms with van der Waals surface area (Å²) in [7, 11) is -3.85. The molecule has 7 heteroatoms. The normalized spacial score (nSPS) is 14.6. The highest BCUT2D eigenvalue weighted by atomic mass is 32.2. The van der Waals surface area contributed by atoms with E-state index >= 15 is 0 Å². The monoisotopic (exact) mass is 219 g/mol. The Bertz CT molecular complexity index is 268. The topological polar surface area (TPSA) is 60.2 Å². The van der Waals surface area contributed by atoms with Gasteiger partial charge in [-0.25, -0.2) is 13.6 Å². The molecule has 3 nitrogen and oxygen atoms in total. The Morgan fingerprint density at radius 1 is 1.23 bits per heavy atom. The second-order valence-corrected chi connectivity index (χ2v) is 5.38. The summed E-state index contributed by atoms with van der Waals surface area (Å²) in [4.78, 5) is 0. The first-order valence-electron chi connectivity index (χ1n) is 3.49. The zero-order chi connectivity index (χ0) is 10.9. The molecule has 0 aliphatic rings. The van der Waals surface area contributed by atoms with E-state index in [1.54, 1.807) is 0 Å². The third-order valence-electron chi connectivity index (χ3n) is 1.27. The van der Waals surface area contributed by atoms with Crippen molar-refractivity contribution in [2.24, 2.45) is 10.6 Å². The molecular weight excluding hydrogens is 207 g/mol. The smallest absolute Gasteiger partial charge is 0.229 e. The highest BCUT2D eigenvalue weighted by Crippen LogP contribution is 2.33. The summed E-state index contributed by atoms with van der Waals surface area (Å²) < 4.78 is 56.8. The van der Waals surface area contributed by atoms with E-state index in [2.05, 4.69) is 5.14 Å². The summed E-state index contributed by atoms with van der Waals surface area (Å²) in [5.74, 6) is -0.667. The van der Waals surface area contributed by atoms with Crippen LogP contribution in [0, 0.1) is 5.41 Å². The number of hydrogen-bond acceptors (Lipinski definition) is 2. The maximum absolute atomic E-state index is 11.9. The van der Waals surface area contributed by atoms with Crippen LogP contribution in [0.1, 0.15) is 20.3 Å². The molecule has 0 bridgehead atoms. The third kappa shape index (κ3) is 8.04. The minimum absolute atomic E-state index is 0.667. The van der Waals surface area contributed by atoms with Gasteiger partial charge in [-0.3, -0.25) is 0 Å². The van der Waals surface area contributed by atoms with Crippen LogP contribution < -0.4 is 5.14 Å². The van der Waals surface area contributed by atoms with Gasteiger partial charge in [0.25, 0.3) is 0 Å². The lowest BCUT2D eigenvalue weighted by molar-refractivity contribution is -0.151. The van der Waals surface area contributed by atoms with Crippen molar-refractivity contribution in [1.29, 1.82) is 0 Å². The summed E-state index contributed by atoms with van der Waals surface area (Å²) in [6, 6.07) is 0. The Morgan fingerprint density at radius 2 is 1.62 bits per heavy atom. The molecule has 13 heavy (non-hydrogen) atoms. The summed E-state index contributed by atoms with van der Waals surface area (Å²) >= 11 is 0. The van der Waals surface area contributed by atoms with Crippen LogP contribution in [0.4, 0.5) is 13.2 Å². The highest BCUT2D eigenvalue weighted by Gasteiger charge is 2.38. The minimum atomic E-state index is -4.37. The molecule has 0 heterocycles. The van der Waals surface area contributed by atoms with E-state index in [1.165, 1.54) is 13.8 Å². The van der Waals surface area contributed by atoms with Crippen molar-refractivity contribution in [1.82, 2.24) is 0 Å². The van der Waals surface area contributed by atoms with Crippen molar-refractivity contribution in [3.63, 3.8) is 0 Å². The van der Waals surface area contributed by atoms with Crippen LogP contribution in [0.25, 0.3) is 0 Å². The van der Waals surface area contributed by atoms with Gasteiger partial charge in [-0.2, -0.15) is 13.2 Å². The number of primary sulfonamides is 1. The zero-order valence-corrected chi connectivity index (χ0v) is 8.17. The largest absolute Gasteiger partial charge is 0.389 e. The van der Waals surface area contributed by atoms with Crippen molar-refractivity contribution >= 4 is 10.0 Å². The molecule has 0 saturated carbocycles. The van der Waals surface area contributed by atoms with Crippen molar-refractivity contribution in [2.45, 2.75) is 26.4 Å². The lowest BCUT2D eigenvalue weighted by Crippen LogP contribution is -2.32. The van der Waals surface area contributed by atoms with Gasteiger partial charge in [-0.15, -0.1) is 0 Å². The van der Waals surface area contributed by atoms with E-state index in [0.717, 1.165) is 0 Å². The molecule has 0 atom stereocenters. The molecule has 0 unspecified atom stereocenters. The molecule has 0 rings (SSSR count). The van der Waals surface area contributed by atoms with Gasteiger partial charge in [0.15, 0.2) is 0 Å². The molecule has 2 N–H and O–H groups in total. The molecule has 0 aromatic heterocycles. The maximum Gasteiger partial charge on any atom is 0.389 e. The van der Waals surface area contributed by atoms with Crippen LogP contribution in [0.5, 0.6) is 0 Å². The van der Waals surface area contributed by atoms with E-state index in [9.17, 15) is 21.6 Å². The van der Waals surface area contributed by atoms with Crippen LogP contribution in [0.3, 0.4) is 0 Å². The number of rotatable bonds is 3. The Balaban J connectivity index is 4.43. The van der Waals surface area contributed by atoms with Crippen molar-refractivity contribution in [3.05, 3.63) is 0 Å². The molecule has 0 aromatic rings. The van der Waals surface area contributed by atoms with Crippen LogP contribution in [-0.2, 0) is 10.0 Å². The summed E-state index contributed by atoms with van der Waals surface area (Å²) in [5.41, 5.74) is -1.37. The molecule has 0 aliphatic heterocycles. The molecule has 0 radical (unpaired) electrons. The van der Waals surface area contributed by atoms with Gasteiger partial charge in [0.1, 0.15) is 0 Å². The molecule has 80 valence electrons. The average molecular weight is 219 g/mol. The van der Waals surface area contributed by atoms with Gasteiger partial charge in [0.05, 0.1) is 5.75 Å². The van der Waals surface area contributed by atoms with Gasteiger partial charge in [-0.05, 0) is 5.41 Å². The SMILES string of the molecule is CC(C)(CC(F)(F)F)CS(N)(=O)=O. The Kier molecular flexibility index (Phi) is 3.37. The van der Waals surface area contributed by atoms with Gasteiger partial charge in [0, 0.05) is 6.42 Å². The Hall–Kier alpha value is -0.300. The van der Waals surface area contributed by atoms with Crippen LogP contribution in [0.15, 0.2) is 0 Å². The molecule has 0 spiro atoms. The lowest BCUT2D eigenvalue weighted by Gasteiger charge is -2.24. The number of halogens is 3. The van der Waals surface area contributed by atoms with Gasteiger partial charge < -0.3 is 0 Å². The third-order valence-corrected chi connectivity index (χ3v) is 2.45. The van der Waals surface area contributed by atoms with Gasteiger partial charge >= 0.3 is 6.18 Å². The second kappa shape index (κ2) is 3.45. The number of alkyl halides is 3. The quantitative estimate of drug-likeness (QED) is 0.776. The van der Waals surface area contributed by atoms with Crippen molar-refractivity contribution in [3.8, 4) is 0 Å². The maximum atomic E-state index is 11.9. The number of nitrogens with two attached hydrogens (primary N) is 1. The Morgan fingerprint density at radius 3 is 1.85 bits per heavy atom. The van der Waals surface area contributed by atoms with Crippen molar-refractivity contribution < 1.29 is 21.6 Å². The van der Waals surface area contributed by atoms with Gasteiger partial charge in [0.2, 0.25) is 10.0 Å². The standard InChI is InChI=1S/C6H12F3NO2S/c1-5(2,3-6(7,8)9)4-13(10,11)12/h3-4H2,1-2H3,(H2,10,11,12). The highest BCUT2D eigenvalue weighted by molar-refractivity contribution is 7.89. The molecule has 0 aliphatic carbocycles. The van der Waals surface area contributed by atoms with E-state index in [1.807, 2.05) is 0 Å². The lowest BCUT2D eigenvalue weighted by atomic mass is 9.92. The van der Waals surface area contributed by atoms with E-state index in [-0.39, 0.29) is 0 Å². The van der Waals surface area contributed by atoms with E-state index in [0.29, 0.717) is 0 Å². The number of sulfonamides is 1. The predicted molar refractivity (Wildman–Crippen MR) is 42.4 cm³/mol. The molecule has 0 aromatic carbocycles. The first kappa shape index (κ1) is 12.7. The average Bonchev–Trinajstić information content (AvgIpc) is 1.43. The van der Waals surface area contributed by atoms with Gasteiger partial charge in [-0.1, -0.05) is 13.8 Å². The first-order valence-corrected chi connectivity index (χ1v) is 5.20. The molecule has 0 saturated heterocycles. The molecule has 0 amide bonds. The molecule has 0 fully saturated rings. The van der Waals surface area contributed by atoms with E-state index < -0.39 is 33.8 Å². The fourth-order valence-corrected chi connectivity index (χ4v) is 2.33. The second-order valence-electron chi connectivity index (χ2n) is 3.76. The van der Waals surface area contributed by atoms with Crippen LogP contribution in [-0.4, -0.2) is 20.3 Å². The Labute approximate surface area is 75.2 Å². The fourth-order valence-electron chi connectivity index (χ4n) is 1.14. The number of hydrogen-bond donors (Lipinski definition) is 1. The van der Waals surface area contributed by atoms with Crippen LogP contribution >= 0.6 is 0 Å². The summed E-state index contributed by atoms with van der Waals surface area (Å²) in [5, 5.41) is 4.65. The fraction of sp³-hybridized carbons (Fsp3) is 1.00. The first-order chi connectivity index (χ1) is 5.41. The minimum Gasteiger partial charge on any atom is -0.229 e. The van der Waals surface area contributed by atoms with E-state index in [4.69, 9.17) is 0 Å².